The maximum Gasteiger partial charge on any atom is 0.0314 e. The third kappa shape index (κ3) is 7.48. The Morgan fingerprint density at radius 2 is 1.84 bits per heavy atom. The predicted molar refractivity (Wildman–Crippen MR) is 91.2 cm³/mol. The molecule has 0 aliphatic rings. The molecule has 0 spiro atoms. The molecule has 1 aromatic rings. The van der Waals surface area contributed by atoms with Gasteiger partial charge in [0.2, 0.25) is 0 Å². The van der Waals surface area contributed by atoms with Gasteiger partial charge in [0.05, 0.1) is 0 Å². The van der Waals surface area contributed by atoms with E-state index in [2.05, 4.69) is 46.7 Å². The van der Waals surface area contributed by atoms with Crippen LogP contribution in [0.1, 0.15) is 63.2 Å². The maximum atomic E-state index is 3.62. The van der Waals surface area contributed by atoms with Crippen molar-refractivity contribution < 1.29 is 0 Å². The molecule has 1 nitrogen and oxygen atoms in total. The summed E-state index contributed by atoms with van der Waals surface area (Å²) in [5, 5.41) is 5.63. The normalized spacial score (nSPS) is 12.8. The molecule has 0 bridgehead atoms. The van der Waals surface area contributed by atoms with Gasteiger partial charge in [-0.15, -0.1) is 11.3 Å². The topological polar surface area (TPSA) is 12.0 Å². The maximum absolute atomic E-state index is 3.62. The summed E-state index contributed by atoms with van der Waals surface area (Å²) >= 11 is 5.48. The number of nitrogens with one attached hydrogen (secondary N) is 1. The minimum Gasteiger partial charge on any atom is -0.317 e. The molecular formula is C16H28BrNS. The minimum absolute atomic E-state index is 0.630. The van der Waals surface area contributed by atoms with E-state index in [0.29, 0.717) is 6.04 Å². The van der Waals surface area contributed by atoms with Crippen molar-refractivity contribution in [3.05, 3.63) is 20.8 Å². The van der Waals surface area contributed by atoms with Gasteiger partial charge in [-0.2, -0.15) is 0 Å². The Hall–Kier alpha value is 0.140. The second kappa shape index (κ2) is 10.9. The molecule has 0 aromatic carbocycles. The van der Waals surface area contributed by atoms with Gasteiger partial charge < -0.3 is 5.32 Å². The highest BCUT2D eigenvalue weighted by Gasteiger charge is 2.10. The molecule has 0 amide bonds. The lowest BCUT2D eigenvalue weighted by Crippen LogP contribution is -2.27. The van der Waals surface area contributed by atoms with E-state index >= 15 is 0 Å². The summed E-state index contributed by atoms with van der Waals surface area (Å²) in [6, 6.07) is 2.78. The largest absolute Gasteiger partial charge is 0.317 e. The van der Waals surface area contributed by atoms with Crippen molar-refractivity contribution in [2.24, 2.45) is 0 Å². The summed E-state index contributed by atoms with van der Waals surface area (Å²) in [4.78, 5) is 1.47. The molecule has 1 aromatic heterocycles. The molecule has 0 saturated carbocycles. The van der Waals surface area contributed by atoms with Crippen molar-refractivity contribution in [1.29, 1.82) is 0 Å². The molecule has 1 unspecified atom stereocenters. The Kier molecular flexibility index (Phi) is 9.84. The zero-order chi connectivity index (χ0) is 13.9. The van der Waals surface area contributed by atoms with Crippen LogP contribution in [0.4, 0.5) is 0 Å². The van der Waals surface area contributed by atoms with Crippen molar-refractivity contribution >= 4 is 27.3 Å². The Balaban J connectivity index is 2.10. The van der Waals surface area contributed by atoms with E-state index < -0.39 is 0 Å². The number of likely N-dealkylation sites (N-methyl/N-ethyl adjacent to an activating group) is 1. The second-order valence-electron chi connectivity index (χ2n) is 5.29. The molecule has 1 N–H and O–H groups in total. The van der Waals surface area contributed by atoms with E-state index in [4.69, 9.17) is 0 Å². The lowest BCUT2D eigenvalue weighted by atomic mass is 10.0. The van der Waals surface area contributed by atoms with Crippen LogP contribution in [0, 0.1) is 0 Å². The highest BCUT2D eigenvalue weighted by molar-refractivity contribution is 9.10. The Labute approximate surface area is 131 Å². The zero-order valence-electron chi connectivity index (χ0n) is 12.4. The molecule has 110 valence electrons. The molecule has 0 saturated heterocycles. The van der Waals surface area contributed by atoms with Gasteiger partial charge in [0.1, 0.15) is 0 Å². The Bertz CT molecular complexity index is 324. The van der Waals surface area contributed by atoms with Crippen LogP contribution in [-0.4, -0.2) is 13.1 Å². The van der Waals surface area contributed by atoms with Crippen LogP contribution in [0.15, 0.2) is 15.9 Å². The van der Waals surface area contributed by atoms with Gasteiger partial charge in [-0.25, -0.2) is 0 Å². The van der Waals surface area contributed by atoms with Crippen molar-refractivity contribution in [1.82, 2.24) is 5.32 Å². The Morgan fingerprint density at radius 3 is 2.42 bits per heavy atom. The Morgan fingerprint density at radius 1 is 1.16 bits per heavy atom. The molecule has 0 fully saturated rings. The van der Waals surface area contributed by atoms with Crippen LogP contribution < -0.4 is 5.32 Å². The summed E-state index contributed by atoms with van der Waals surface area (Å²) in [6.07, 6.45) is 12.2. The van der Waals surface area contributed by atoms with Crippen molar-refractivity contribution in [3.63, 3.8) is 0 Å². The van der Waals surface area contributed by atoms with E-state index in [1.165, 1.54) is 60.7 Å². The number of rotatable bonds is 11. The summed E-state index contributed by atoms with van der Waals surface area (Å²) in [6.45, 7) is 2.28. The molecule has 0 radical (unpaired) electrons. The van der Waals surface area contributed by atoms with Gasteiger partial charge in [-0.3, -0.25) is 0 Å². The van der Waals surface area contributed by atoms with Crippen LogP contribution >= 0.6 is 27.3 Å². The molecular weight excluding hydrogens is 318 g/mol. The smallest absolute Gasteiger partial charge is 0.0314 e. The summed E-state index contributed by atoms with van der Waals surface area (Å²) in [5.74, 6) is 0. The van der Waals surface area contributed by atoms with E-state index in [-0.39, 0.29) is 0 Å². The molecule has 19 heavy (non-hydrogen) atoms. The first-order valence-electron chi connectivity index (χ1n) is 7.67. The van der Waals surface area contributed by atoms with E-state index in [0.717, 1.165) is 6.42 Å². The van der Waals surface area contributed by atoms with Gasteiger partial charge in [-0.05, 0) is 47.3 Å². The number of hydrogen-bond donors (Lipinski definition) is 1. The quantitative estimate of drug-likeness (QED) is 0.501. The SMILES string of the molecule is CCCCCCCCCC(Cc1sccc1Br)NC. The first kappa shape index (κ1) is 17.2. The average molecular weight is 346 g/mol. The minimum atomic E-state index is 0.630. The van der Waals surface area contributed by atoms with Crippen LogP contribution in [0.2, 0.25) is 0 Å². The van der Waals surface area contributed by atoms with E-state index in [9.17, 15) is 0 Å². The monoisotopic (exact) mass is 345 g/mol. The fraction of sp³-hybridized carbons (Fsp3) is 0.750. The van der Waals surface area contributed by atoms with Gasteiger partial charge in [0.25, 0.3) is 0 Å². The average Bonchev–Trinajstić information content (AvgIpc) is 2.81. The lowest BCUT2D eigenvalue weighted by Gasteiger charge is -2.15. The van der Waals surface area contributed by atoms with Crippen LogP contribution in [0.25, 0.3) is 0 Å². The highest BCUT2D eigenvalue weighted by atomic mass is 79.9. The molecule has 1 atom stereocenters. The van der Waals surface area contributed by atoms with Crippen LogP contribution in [0.3, 0.4) is 0 Å². The number of thiophene rings is 1. The third-order valence-electron chi connectivity index (χ3n) is 3.69. The number of unbranched alkanes of at least 4 members (excludes halogenated alkanes) is 6. The van der Waals surface area contributed by atoms with Crippen LogP contribution in [-0.2, 0) is 6.42 Å². The van der Waals surface area contributed by atoms with Gasteiger partial charge in [-0.1, -0.05) is 51.9 Å². The zero-order valence-corrected chi connectivity index (χ0v) is 14.8. The second-order valence-corrected chi connectivity index (χ2v) is 7.15. The summed E-state index contributed by atoms with van der Waals surface area (Å²) in [5.41, 5.74) is 0. The molecule has 0 aliphatic heterocycles. The van der Waals surface area contributed by atoms with Crippen LogP contribution in [0.5, 0.6) is 0 Å². The molecule has 0 aliphatic carbocycles. The lowest BCUT2D eigenvalue weighted by molar-refractivity contribution is 0.480. The van der Waals surface area contributed by atoms with Gasteiger partial charge in [0.15, 0.2) is 0 Å². The highest BCUT2D eigenvalue weighted by Crippen LogP contribution is 2.25. The van der Waals surface area contributed by atoms with E-state index in [1.807, 2.05) is 11.3 Å². The van der Waals surface area contributed by atoms with Crippen molar-refractivity contribution in [3.8, 4) is 0 Å². The standard InChI is InChI=1S/C16H28BrNS/c1-3-4-5-6-7-8-9-10-14(18-2)13-16-15(17)11-12-19-16/h11-12,14,18H,3-10,13H2,1-2H3. The van der Waals surface area contributed by atoms with Gasteiger partial charge >= 0.3 is 0 Å². The fourth-order valence-corrected chi connectivity index (χ4v) is 3.99. The first-order valence-corrected chi connectivity index (χ1v) is 9.34. The molecule has 1 heterocycles. The molecule has 1 rings (SSSR count). The summed E-state index contributed by atoms with van der Waals surface area (Å²) in [7, 11) is 2.09. The van der Waals surface area contributed by atoms with Gasteiger partial charge in [0, 0.05) is 15.4 Å². The van der Waals surface area contributed by atoms with Crippen molar-refractivity contribution in [2.45, 2.75) is 70.8 Å². The third-order valence-corrected chi connectivity index (χ3v) is 5.64. The number of hydrogen-bond acceptors (Lipinski definition) is 2. The predicted octanol–water partition coefficient (Wildman–Crippen LogP) is 5.78. The first-order chi connectivity index (χ1) is 9.27. The summed E-state index contributed by atoms with van der Waals surface area (Å²) < 4.78 is 1.28. The van der Waals surface area contributed by atoms with Crippen molar-refractivity contribution in [2.75, 3.05) is 7.05 Å². The number of halogens is 1. The molecule has 3 heteroatoms. The van der Waals surface area contributed by atoms with E-state index in [1.54, 1.807) is 0 Å². The fourth-order valence-electron chi connectivity index (χ4n) is 2.39.